The fourth-order valence-corrected chi connectivity index (χ4v) is 2.23. The average molecular weight is 208 g/mol. The Morgan fingerprint density at radius 1 is 1.47 bits per heavy atom. The Balaban J connectivity index is 2.03. The third-order valence-electron chi connectivity index (χ3n) is 2.98. The Kier molecular flexibility index (Phi) is 2.71. The molecule has 0 amide bonds. The molecule has 1 aliphatic carbocycles. The number of fused-ring (bicyclic) bond motifs is 1. The van der Waals surface area contributed by atoms with E-state index in [2.05, 4.69) is 0 Å². The van der Waals surface area contributed by atoms with Crippen molar-refractivity contribution in [2.45, 2.75) is 25.7 Å². The molecule has 15 heavy (non-hydrogen) atoms. The topological polar surface area (TPSA) is 37.3 Å². The highest BCUT2D eigenvalue weighted by atomic mass is 19.1. The molecule has 0 saturated heterocycles. The Bertz CT molecular complexity index is 387. The molecule has 80 valence electrons. The van der Waals surface area contributed by atoms with Crippen LogP contribution in [0.3, 0.4) is 0 Å². The van der Waals surface area contributed by atoms with E-state index in [1.54, 1.807) is 6.07 Å². The van der Waals surface area contributed by atoms with Gasteiger partial charge in [0.1, 0.15) is 5.82 Å². The number of aliphatic carboxylic acids is 1. The summed E-state index contributed by atoms with van der Waals surface area (Å²) < 4.78 is 13.3. The molecule has 0 spiro atoms. The predicted molar refractivity (Wildman–Crippen MR) is 54.2 cm³/mol. The van der Waals surface area contributed by atoms with E-state index in [4.69, 9.17) is 5.11 Å². The molecule has 1 aromatic carbocycles. The first-order chi connectivity index (χ1) is 7.16. The fraction of sp³-hybridized carbons (Fsp3) is 0.417. The largest absolute Gasteiger partial charge is 0.481 e. The van der Waals surface area contributed by atoms with Crippen molar-refractivity contribution in [3.8, 4) is 0 Å². The zero-order valence-electron chi connectivity index (χ0n) is 8.37. The van der Waals surface area contributed by atoms with Crippen molar-refractivity contribution < 1.29 is 14.3 Å². The van der Waals surface area contributed by atoms with Crippen LogP contribution in [-0.2, 0) is 17.6 Å². The first-order valence-electron chi connectivity index (χ1n) is 5.15. The second-order valence-corrected chi connectivity index (χ2v) is 4.08. The van der Waals surface area contributed by atoms with E-state index in [9.17, 15) is 9.18 Å². The minimum Gasteiger partial charge on any atom is -0.481 e. The standard InChI is InChI=1S/C12H13FO2/c13-11-3-1-2-9-6-8(7-10(9)11)4-5-12(14)15/h1-3,8H,4-7H2,(H,14,15). The molecule has 0 radical (unpaired) electrons. The molecule has 1 aromatic rings. The van der Waals surface area contributed by atoms with E-state index < -0.39 is 5.97 Å². The van der Waals surface area contributed by atoms with E-state index in [0.29, 0.717) is 18.8 Å². The molecule has 0 bridgehead atoms. The minimum absolute atomic E-state index is 0.148. The summed E-state index contributed by atoms with van der Waals surface area (Å²) >= 11 is 0. The first kappa shape index (κ1) is 10.1. The molecule has 1 atom stereocenters. The maximum absolute atomic E-state index is 13.3. The molecule has 2 rings (SSSR count). The summed E-state index contributed by atoms with van der Waals surface area (Å²) in [6.07, 6.45) is 2.33. The van der Waals surface area contributed by atoms with E-state index in [-0.39, 0.29) is 12.2 Å². The van der Waals surface area contributed by atoms with Crippen LogP contribution in [0.2, 0.25) is 0 Å². The van der Waals surface area contributed by atoms with Gasteiger partial charge in [-0.3, -0.25) is 4.79 Å². The Morgan fingerprint density at radius 2 is 2.27 bits per heavy atom. The van der Waals surface area contributed by atoms with E-state index in [1.807, 2.05) is 6.07 Å². The van der Waals surface area contributed by atoms with Crippen molar-refractivity contribution >= 4 is 5.97 Å². The SMILES string of the molecule is O=C(O)CCC1Cc2cccc(F)c2C1. The Labute approximate surface area is 87.7 Å². The molecule has 0 aliphatic heterocycles. The van der Waals surface area contributed by atoms with Crippen molar-refractivity contribution in [2.75, 3.05) is 0 Å². The average Bonchev–Trinajstić information content (AvgIpc) is 2.59. The van der Waals surface area contributed by atoms with Gasteiger partial charge < -0.3 is 5.11 Å². The van der Waals surface area contributed by atoms with Gasteiger partial charge in [0.25, 0.3) is 0 Å². The van der Waals surface area contributed by atoms with Gasteiger partial charge in [-0.25, -0.2) is 4.39 Å². The van der Waals surface area contributed by atoms with Gasteiger partial charge in [-0.15, -0.1) is 0 Å². The molecule has 3 heteroatoms. The molecule has 0 fully saturated rings. The lowest BCUT2D eigenvalue weighted by Gasteiger charge is -2.05. The predicted octanol–water partition coefficient (Wildman–Crippen LogP) is 2.41. The summed E-state index contributed by atoms with van der Waals surface area (Å²) in [7, 11) is 0. The normalized spacial score (nSPS) is 18.9. The van der Waals surface area contributed by atoms with Crippen molar-refractivity contribution in [1.82, 2.24) is 0 Å². The lowest BCUT2D eigenvalue weighted by atomic mass is 10.0. The summed E-state index contributed by atoms with van der Waals surface area (Å²) in [4.78, 5) is 10.4. The van der Waals surface area contributed by atoms with Crippen LogP contribution >= 0.6 is 0 Å². The van der Waals surface area contributed by atoms with Crippen LogP contribution in [0.5, 0.6) is 0 Å². The zero-order chi connectivity index (χ0) is 10.8. The molecule has 1 N–H and O–H groups in total. The number of hydrogen-bond donors (Lipinski definition) is 1. The number of carboxylic acid groups (broad SMARTS) is 1. The fourth-order valence-electron chi connectivity index (χ4n) is 2.23. The highest BCUT2D eigenvalue weighted by molar-refractivity contribution is 5.66. The lowest BCUT2D eigenvalue weighted by molar-refractivity contribution is -0.137. The summed E-state index contributed by atoms with van der Waals surface area (Å²) in [6, 6.07) is 5.12. The summed E-state index contributed by atoms with van der Waals surface area (Å²) in [5.74, 6) is -0.621. The smallest absolute Gasteiger partial charge is 0.303 e. The second kappa shape index (κ2) is 4.01. The molecule has 0 heterocycles. The number of halogens is 1. The van der Waals surface area contributed by atoms with Gasteiger partial charge in [-0.2, -0.15) is 0 Å². The Hall–Kier alpha value is -1.38. The summed E-state index contributed by atoms with van der Waals surface area (Å²) in [6.45, 7) is 0. The number of hydrogen-bond acceptors (Lipinski definition) is 1. The third-order valence-corrected chi connectivity index (χ3v) is 2.98. The molecule has 0 aromatic heterocycles. The third kappa shape index (κ3) is 2.17. The quantitative estimate of drug-likeness (QED) is 0.828. The maximum atomic E-state index is 13.3. The van der Waals surface area contributed by atoms with Crippen molar-refractivity contribution in [2.24, 2.45) is 5.92 Å². The van der Waals surface area contributed by atoms with Gasteiger partial charge in [0, 0.05) is 6.42 Å². The molecule has 1 unspecified atom stereocenters. The first-order valence-corrected chi connectivity index (χ1v) is 5.15. The highest BCUT2D eigenvalue weighted by Gasteiger charge is 2.24. The lowest BCUT2D eigenvalue weighted by Crippen LogP contribution is -2.04. The van der Waals surface area contributed by atoms with Crippen molar-refractivity contribution in [3.05, 3.63) is 35.1 Å². The van der Waals surface area contributed by atoms with Gasteiger partial charge in [-0.1, -0.05) is 12.1 Å². The van der Waals surface area contributed by atoms with Crippen LogP contribution in [0.1, 0.15) is 24.0 Å². The number of carbonyl (C=O) groups is 1. The Morgan fingerprint density at radius 3 is 2.93 bits per heavy atom. The van der Waals surface area contributed by atoms with Crippen LogP contribution in [0.25, 0.3) is 0 Å². The van der Waals surface area contributed by atoms with Gasteiger partial charge in [-0.05, 0) is 42.4 Å². The monoisotopic (exact) mass is 208 g/mol. The highest BCUT2D eigenvalue weighted by Crippen LogP contribution is 2.31. The summed E-state index contributed by atoms with van der Waals surface area (Å²) in [5, 5.41) is 8.57. The maximum Gasteiger partial charge on any atom is 0.303 e. The van der Waals surface area contributed by atoms with Crippen LogP contribution in [0.15, 0.2) is 18.2 Å². The van der Waals surface area contributed by atoms with E-state index in [0.717, 1.165) is 17.5 Å². The number of carboxylic acids is 1. The van der Waals surface area contributed by atoms with Crippen LogP contribution in [-0.4, -0.2) is 11.1 Å². The number of benzene rings is 1. The van der Waals surface area contributed by atoms with Crippen LogP contribution < -0.4 is 0 Å². The van der Waals surface area contributed by atoms with E-state index >= 15 is 0 Å². The van der Waals surface area contributed by atoms with E-state index in [1.165, 1.54) is 6.07 Å². The summed E-state index contributed by atoms with van der Waals surface area (Å²) in [5.41, 5.74) is 1.83. The zero-order valence-corrected chi connectivity index (χ0v) is 8.37. The minimum atomic E-state index is -0.772. The van der Waals surface area contributed by atoms with Crippen molar-refractivity contribution in [3.63, 3.8) is 0 Å². The second-order valence-electron chi connectivity index (χ2n) is 4.08. The molecular formula is C12H13FO2. The molecular weight excluding hydrogens is 195 g/mol. The van der Waals surface area contributed by atoms with Gasteiger partial charge in [0.05, 0.1) is 0 Å². The van der Waals surface area contributed by atoms with Crippen LogP contribution in [0.4, 0.5) is 4.39 Å². The van der Waals surface area contributed by atoms with Gasteiger partial charge in [0.2, 0.25) is 0 Å². The van der Waals surface area contributed by atoms with Crippen LogP contribution in [0, 0.1) is 11.7 Å². The van der Waals surface area contributed by atoms with Gasteiger partial charge in [0.15, 0.2) is 0 Å². The van der Waals surface area contributed by atoms with Gasteiger partial charge >= 0.3 is 5.97 Å². The number of rotatable bonds is 3. The molecule has 1 aliphatic rings. The van der Waals surface area contributed by atoms with Crippen molar-refractivity contribution in [1.29, 1.82) is 0 Å². The molecule has 0 saturated carbocycles. The molecule has 2 nitrogen and oxygen atoms in total.